The molecule has 0 amide bonds. The minimum absolute atomic E-state index is 0.209. The first-order valence-electron chi connectivity index (χ1n) is 13.5. The Balaban J connectivity index is 1.61. The number of aliphatic hydroxyl groups is 1. The van der Waals surface area contributed by atoms with Crippen LogP contribution >= 0.6 is 0 Å². The first kappa shape index (κ1) is 23.6. The quantitative estimate of drug-likeness (QED) is 0.437. The second-order valence-corrected chi connectivity index (χ2v) is 13.5. The first-order valence-corrected chi connectivity index (χ1v) is 13.5. The molecule has 4 rings (SSSR count). The normalized spacial score (nSPS) is 43.3. The highest BCUT2D eigenvalue weighted by Crippen LogP contribution is 2.72. The number of allylic oxidation sites excluding steroid dienone is 3. The predicted molar refractivity (Wildman–Crippen MR) is 133 cm³/mol. The molecule has 0 spiro atoms. The van der Waals surface area contributed by atoms with E-state index >= 15 is 0 Å². The minimum Gasteiger partial charge on any atom is -0.392 e. The molecule has 31 heavy (non-hydrogen) atoms. The lowest BCUT2D eigenvalue weighted by Gasteiger charge is -2.61. The Morgan fingerprint density at radius 1 is 1.00 bits per heavy atom. The van der Waals surface area contributed by atoms with Crippen molar-refractivity contribution in [2.75, 3.05) is 6.61 Å². The highest BCUT2D eigenvalue weighted by Gasteiger charge is 2.62. The maximum Gasteiger partial charge on any atom is 0.0639 e. The highest BCUT2D eigenvalue weighted by molar-refractivity contribution is 5.38. The van der Waals surface area contributed by atoms with E-state index in [0.717, 1.165) is 29.7 Å². The van der Waals surface area contributed by atoms with Crippen LogP contribution in [0.25, 0.3) is 0 Å². The molecule has 4 aliphatic rings. The van der Waals surface area contributed by atoms with Gasteiger partial charge in [-0.05, 0) is 111 Å². The Morgan fingerprint density at radius 3 is 2.45 bits per heavy atom. The maximum atomic E-state index is 9.31. The van der Waals surface area contributed by atoms with E-state index in [1.165, 1.54) is 64.2 Å². The van der Waals surface area contributed by atoms with Crippen LogP contribution in [0.5, 0.6) is 0 Å². The van der Waals surface area contributed by atoms with E-state index in [9.17, 15) is 5.11 Å². The molecule has 4 aliphatic carbocycles. The summed E-state index contributed by atoms with van der Waals surface area (Å²) >= 11 is 0. The van der Waals surface area contributed by atoms with Gasteiger partial charge in [0.1, 0.15) is 0 Å². The monoisotopic (exact) mass is 426 g/mol. The summed E-state index contributed by atoms with van der Waals surface area (Å²) in [5.74, 6) is 2.51. The number of hydrogen-bond donors (Lipinski definition) is 1. The summed E-state index contributed by atoms with van der Waals surface area (Å²) in [5, 5.41) is 9.31. The zero-order valence-electron chi connectivity index (χ0n) is 21.7. The third kappa shape index (κ3) is 3.51. The molecule has 2 unspecified atom stereocenters. The second kappa shape index (κ2) is 8.03. The number of aliphatic hydroxyl groups excluding tert-OH is 1. The number of hydrogen-bond acceptors (Lipinski definition) is 1. The van der Waals surface area contributed by atoms with Gasteiger partial charge in [-0.15, -0.1) is 0 Å². The van der Waals surface area contributed by atoms with Crippen LogP contribution in [-0.4, -0.2) is 11.7 Å². The SMILES string of the molecule is C/C(=C/CCC(C)[C@@H]1CC[C@]2(C)C3=C(CC[C@@]12C)[C@@]1(C)CCCC(C)(C)C1CC3)CO. The summed E-state index contributed by atoms with van der Waals surface area (Å²) in [6.07, 6.45) is 17.4. The molecule has 0 radical (unpaired) electrons. The van der Waals surface area contributed by atoms with E-state index < -0.39 is 0 Å². The van der Waals surface area contributed by atoms with Crippen molar-refractivity contribution < 1.29 is 5.11 Å². The molecule has 2 saturated carbocycles. The van der Waals surface area contributed by atoms with E-state index in [1.807, 2.05) is 11.1 Å². The molecule has 0 bridgehead atoms. The van der Waals surface area contributed by atoms with Crippen LogP contribution in [0.1, 0.15) is 119 Å². The lowest BCUT2D eigenvalue weighted by Crippen LogP contribution is -2.51. The largest absolute Gasteiger partial charge is 0.392 e. The topological polar surface area (TPSA) is 20.2 Å². The summed E-state index contributed by atoms with van der Waals surface area (Å²) < 4.78 is 0. The van der Waals surface area contributed by atoms with Gasteiger partial charge in [-0.1, -0.05) is 70.8 Å². The predicted octanol–water partition coefficient (Wildman–Crippen LogP) is 8.48. The fraction of sp³-hybridized carbons (Fsp3) is 0.867. The molecule has 2 fully saturated rings. The summed E-state index contributed by atoms with van der Waals surface area (Å²) in [6.45, 7) is 17.9. The molecule has 0 aromatic carbocycles. The zero-order chi connectivity index (χ0) is 22.7. The lowest BCUT2D eigenvalue weighted by molar-refractivity contribution is -0.0199. The zero-order valence-corrected chi connectivity index (χ0v) is 21.7. The molecular formula is C30H50O. The van der Waals surface area contributed by atoms with Gasteiger partial charge < -0.3 is 5.11 Å². The van der Waals surface area contributed by atoms with E-state index in [-0.39, 0.29) is 6.61 Å². The van der Waals surface area contributed by atoms with Gasteiger partial charge >= 0.3 is 0 Å². The van der Waals surface area contributed by atoms with Crippen molar-refractivity contribution in [2.45, 2.75) is 119 Å². The molecule has 0 aliphatic heterocycles. The number of fused-ring (bicyclic) bond motifs is 4. The molecule has 6 atom stereocenters. The molecule has 0 heterocycles. The molecule has 1 N–H and O–H groups in total. The molecule has 0 saturated heterocycles. The van der Waals surface area contributed by atoms with Crippen LogP contribution in [0.2, 0.25) is 0 Å². The van der Waals surface area contributed by atoms with Crippen LogP contribution in [0.4, 0.5) is 0 Å². The summed E-state index contributed by atoms with van der Waals surface area (Å²) in [4.78, 5) is 0. The van der Waals surface area contributed by atoms with Crippen molar-refractivity contribution in [3.05, 3.63) is 22.8 Å². The van der Waals surface area contributed by atoms with Crippen LogP contribution in [0.3, 0.4) is 0 Å². The Hall–Kier alpha value is -0.560. The second-order valence-electron chi connectivity index (χ2n) is 13.5. The molecule has 176 valence electrons. The first-order chi connectivity index (χ1) is 14.5. The Morgan fingerprint density at radius 2 is 1.74 bits per heavy atom. The maximum absolute atomic E-state index is 9.31. The molecular weight excluding hydrogens is 376 g/mol. The fourth-order valence-corrected chi connectivity index (χ4v) is 9.59. The van der Waals surface area contributed by atoms with Gasteiger partial charge in [0.2, 0.25) is 0 Å². The summed E-state index contributed by atoms with van der Waals surface area (Å²) in [5.41, 5.74) is 6.87. The molecule has 0 aromatic rings. The van der Waals surface area contributed by atoms with Crippen molar-refractivity contribution in [3.63, 3.8) is 0 Å². The Bertz CT molecular complexity index is 756. The van der Waals surface area contributed by atoms with Gasteiger partial charge in [-0.3, -0.25) is 0 Å². The third-order valence-corrected chi connectivity index (χ3v) is 11.6. The summed E-state index contributed by atoms with van der Waals surface area (Å²) in [6, 6.07) is 0. The van der Waals surface area contributed by atoms with Gasteiger partial charge in [-0.2, -0.15) is 0 Å². The Labute approximate surface area is 193 Å². The van der Waals surface area contributed by atoms with E-state index in [2.05, 4.69) is 54.5 Å². The minimum atomic E-state index is 0.209. The molecule has 1 nitrogen and oxygen atoms in total. The molecule has 0 aromatic heterocycles. The van der Waals surface area contributed by atoms with Gasteiger partial charge in [0.05, 0.1) is 6.61 Å². The third-order valence-electron chi connectivity index (χ3n) is 11.6. The van der Waals surface area contributed by atoms with Gasteiger partial charge in [0.25, 0.3) is 0 Å². The van der Waals surface area contributed by atoms with E-state index in [1.54, 1.807) is 0 Å². The summed E-state index contributed by atoms with van der Waals surface area (Å²) in [7, 11) is 0. The number of rotatable bonds is 5. The van der Waals surface area contributed by atoms with Gasteiger partial charge in [0, 0.05) is 0 Å². The smallest absolute Gasteiger partial charge is 0.0639 e. The van der Waals surface area contributed by atoms with Crippen LogP contribution in [0, 0.1) is 39.4 Å². The lowest BCUT2D eigenvalue weighted by atomic mass is 9.43. The van der Waals surface area contributed by atoms with Crippen molar-refractivity contribution in [3.8, 4) is 0 Å². The van der Waals surface area contributed by atoms with Crippen LogP contribution in [-0.2, 0) is 0 Å². The van der Waals surface area contributed by atoms with Crippen molar-refractivity contribution >= 4 is 0 Å². The van der Waals surface area contributed by atoms with Crippen LogP contribution < -0.4 is 0 Å². The van der Waals surface area contributed by atoms with Gasteiger partial charge in [0.15, 0.2) is 0 Å². The molecule has 1 heteroatoms. The standard InChI is InChI=1S/C30H50O/c1-21(20-31)10-8-11-22(2)23-14-18-30(7)25-12-13-26-27(3,4)16-9-17-28(26,5)24(25)15-19-29(23,30)6/h10,22-23,26,31H,8-9,11-20H2,1-7H3/b21-10-/t22?,23-,26?,28+,29-,30+/m0/s1. The van der Waals surface area contributed by atoms with E-state index in [4.69, 9.17) is 0 Å². The fourth-order valence-electron chi connectivity index (χ4n) is 9.59. The van der Waals surface area contributed by atoms with Crippen LogP contribution in [0.15, 0.2) is 22.8 Å². The van der Waals surface area contributed by atoms with Crippen molar-refractivity contribution in [2.24, 2.45) is 39.4 Å². The van der Waals surface area contributed by atoms with Crippen molar-refractivity contribution in [1.29, 1.82) is 0 Å². The van der Waals surface area contributed by atoms with Gasteiger partial charge in [-0.25, -0.2) is 0 Å². The highest BCUT2D eigenvalue weighted by atomic mass is 16.3. The van der Waals surface area contributed by atoms with E-state index in [0.29, 0.717) is 21.7 Å². The average molecular weight is 427 g/mol. The Kier molecular flexibility index (Phi) is 6.11. The van der Waals surface area contributed by atoms with Crippen molar-refractivity contribution in [1.82, 2.24) is 0 Å². The average Bonchev–Trinajstić information content (AvgIpc) is 2.98.